The van der Waals surface area contributed by atoms with E-state index in [1.54, 1.807) is 26.8 Å². The molecule has 1 aromatic carbocycles. The summed E-state index contributed by atoms with van der Waals surface area (Å²) in [5.74, 6) is -0.397. The first-order valence-corrected chi connectivity index (χ1v) is 11.7. The fourth-order valence-electron chi connectivity index (χ4n) is 4.82. The van der Waals surface area contributed by atoms with E-state index in [1.807, 2.05) is 0 Å². The third-order valence-electron chi connectivity index (χ3n) is 6.63. The molecule has 0 bridgehead atoms. The molecule has 2 saturated heterocycles. The molecule has 0 unspecified atom stereocenters. The number of aliphatic hydroxyl groups is 1. The molecule has 6 rings (SSSR count). The summed E-state index contributed by atoms with van der Waals surface area (Å²) in [7, 11) is 0. The fraction of sp³-hybridized carbons (Fsp3) is 0.348. The minimum Gasteiger partial charge on any atom is -0.461 e. The van der Waals surface area contributed by atoms with Crippen LogP contribution in [0.2, 0.25) is 0 Å². The van der Waals surface area contributed by atoms with E-state index >= 15 is 0 Å². The van der Waals surface area contributed by atoms with Crippen molar-refractivity contribution in [3.8, 4) is 11.6 Å². The van der Waals surface area contributed by atoms with Crippen LogP contribution in [0.15, 0.2) is 41.0 Å². The molecule has 0 saturated carbocycles. The van der Waals surface area contributed by atoms with Gasteiger partial charge in [-0.1, -0.05) is 0 Å². The van der Waals surface area contributed by atoms with Crippen LogP contribution in [0.3, 0.4) is 0 Å². The Kier molecular flexibility index (Phi) is 5.59. The van der Waals surface area contributed by atoms with Crippen molar-refractivity contribution in [2.75, 3.05) is 48.3 Å². The van der Waals surface area contributed by atoms with E-state index in [1.165, 1.54) is 22.9 Å². The van der Waals surface area contributed by atoms with Crippen LogP contribution in [0.4, 0.5) is 26.4 Å². The van der Waals surface area contributed by atoms with Gasteiger partial charge in [0.1, 0.15) is 17.7 Å². The molecule has 0 radical (unpaired) electrons. The van der Waals surface area contributed by atoms with Gasteiger partial charge in [0.2, 0.25) is 23.6 Å². The van der Waals surface area contributed by atoms with E-state index in [2.05, 4.69) is 20.1 Å². The average Bonchev–Trinajstić information content (AvgIpc) is 3.63. The van der Waals surface area contributed by atoms with Gasteiger partial charge in [-0.15, -0.1) is 5.10 Å². The van der Waals surface area contributed by atoms with Crippen LogP contribution in [0, 0.1) is 11.6 Å². The summed E-state index contributed by atoms with van der Waals surface area (Å²) in [6.45, 7) is 1.60. The molecule has 37 heavy (non-hydrogen) atoms. The molecule has 3 aromatic heterocycles. The second-order valence-electron chi connectivity index (χ2n) is 8.97. The van der Waals surface area contributed by atoms with Gasteiger partial charge in [-0.05, 0) is 24.3 Å². The predicted molar refractivity (Wildman–Crippen MR) is 128 cm³/mol. The number of amides is 1. The molecule has 192 valence electrons. The maximum Gasteiger partial charge on any atom is 0.259 e. The first kappa shape index (κ1) is 23.1. The second-order valence-corrected chi connectivity index (χ2v) is 8.97. The number of aromatic nitrogens is 5. The van der Waals surface area contributed by atoms with E-state index in [4.69, 9.17) is 10.2 Å². The summed E-state index contributed by atoms with van der Waals surface area (Å²) in [5.41, 5.74) is 6.41. The highest BCUT2D eigenvalue weighted by atomic mass is 19.1. The van der Waals surface area contributed by atoms with Crippen molar-refractivity contribution in [3.63, 3.8) is 0 Å². The Hall–Kier alpha value is -4.33. The van der Waals surface area contributed by atoms with Crippen LogP contribution >= 0.6 is 0 Å². The number of hydrogen-bond donors (Lipinski definition) is 2. The Labute approximate surface area is 208 Å². The lowest BCUT2D eigenvalue weighted by molar-refractivity contribution is -0.132. The first-order valence-electron chi connectivity index (χ1n) is 11.7. The van der Waals surface area contributed by atoms with Gasteiger partial charge in [-0.2, -0.15) is 19.5 Å². The Morgan fingerprint density at radius 3 is 2.65 bits per heavy atom. The number of carbonyl (C=O) groups is 1. The number of rotatable bonds is 4. The minimum absolute atomic E-state index is 0.0211. The topological polar surface area (TPSA) is 142 Å². The van der Waals surface area contributed by atoms with Gasteiger partial charge in [0.15, 0.2) is 5.76 Å². The van der Waals surface area contributed by atoms with E-state index in [-0.39, 0.29) is 42.4 Å². The van der Waals surface area contributed by atoms with Crippen LogP contribution < -0.4 is 15.5 Å². The van der Waals surface area contributed by atoms with Crippen molar-refractivity contribution < 1.29 is 23.1 Å². The number of anilines is 3. The minimum atomic E-state index is -0.763. The highest BCUT2D eigenvalue weighted by molar-refractivity contribution is 5.86. The fourth-order valence-corrected chi connectivity index (χ4v) is 4.82. The molecule has 3 N–H and O–H groups in total. The number of hydrogen-bond acceptors (Lipinski definition) is 10. The van der Waals surface area contributed by atoms with Gasteiger partial charge in [-0.25, -0.2) is 8.78 Å². The Bertz CT molecular complexity index is 1450. The molecule has 2 fully saturated rings. The summed E-state index contributed by atoms with van der Waals surface area (Å²) in [5, 5.41) is 14.7. The summed E-state index contributed by atoms with van der Waals surface area (Å²) < 4.78 is 34.1. The zero-order valence-corrected chi connectivity index (χ0v) is 19.5. The lowest BCUT2D eigenvalue weighted by Crippen LogP contribution is -2.54. The van der Waals surface area contributed by atoms with Crippen molar-refractivity contribution in [1.82, 2.24) is 29.5 Å². The van der Waals surface area contributed by atoms with E-state index in [0.29, 0.717) is 37.6 Å². The molecule has 2 aliphatic heterocycles. The number of β-amino-alcohol motifs (C(OH)–C–C–N with tert-alkyl or cyclic N) is 1. The highest BCUT2D eigenvalue weighted by Crippen LogP contribution is 2.28. The molecular weight excluding hydrogens is 488 g/mol. The molecule has 12 nitrogen and oxygen atoms in total. The number of aliphatic hydroxyl groups excluding tert-OH is 1. The molecule has 2 aliphatic rings. The SMILES string of the molecule is Nc1nc(N2C[C@H](O)C[C@H]2C(=O)N2CCN(c3ccc(F)cc3F)CC2)nc2nc(-c3ccco3)nn12. The molecule has 4 aromatic rings. The van der Waals surface area contributed by atoms with Gasteiger partial charge in [-0.3, -0.25) is 4.79 Å². The van der Waals surface area contributed by atoms with E-state index < -0.39 is 23.8 Å². The molecule has 14 heteroatoms. The average molecular weight is 511 g/mol. The third kappa shape index (κ3) is 4.18. The van der Waals surface area contributed by atoms with Gasteiger partial charge in [0, 0.05) is 45.2 Å². The largest absolute Gasteiger partial charge is 0.461 e. The number of furan rings is 1. The zero-order valence-electron chi connectivity index (χ0n) is 19.5. The molecule has 2 atom stereocenters. The Balaban J connectivity index is 1.21. The number of fused-ring (bicyclic) bond motifs is 1. The second kappa shape index (κ2) is 8.96. The number of carbonyl (C=O) groups excluding carboxylic acids is 1. The Morgan fingerprint density at radius 1 is 1.11 bits per heavy atom. The van der Waals surface area contributed by atoms with Gasteiger partial charge >= 0.3 is 0 Å². The lowest BCUT2D eigenvalue weighted by atomic mass is 10.1. The third-order valence-corrected chi connectivity index (χ3v) is 6.63. The normalized spacial score (nSPS) is 20.2. The van der Waals surface area contributed by atoms with E-state index in [0.717, 1.165) is 6.07 Å². The summed E-state index contributed by atoms with van der Waals surface area (Å²) in [6, 6.07) is 6.16. The van der Waals surface area contributed by atoms with Crippen molar-refractivity contribution >= 4 is 29.3 Å². The van der Waals surface area contributed by atoms with Crippen LogP contribution in [-0.4, -0.2) is 85.3 Å². The van der Waals surface area contributed by atoms with Crippen molar-refractivity contribution in [1.29, 1.82) is 0 Å². The highest BCUT2D eigenvalue weighted by Gasteiger charge is 2.40. The number of nitrogens with zero attached hydrogens (tertiary/aromatic N) is 8. The lowest BCUT2D eigenvalue weighted by Gasteiger charge is -2.38. The van der Waals surface area contributed by atoms with Gasteiger partial charge in [0.25, 0.3) is 5.78 Å². The number of benzene rings is 1. The maximum absolute atomic E-state index is 14.2. The van der Waals surface area contributed by atoms with Crippen molar-refractivity contribution in [3.05, 3.63) is 48.2 Å². The van der Waals surface area contributed by atoms with Crippen LogP contribution in [0.5, 0.6) is 0 Å². The quantitative estimate of drug-likeness (QED) is 0.406. The number of halogens is 2. The maximum atomic E-state index is 14.2. The standard InChI is InChI=1S/C23H23F2N9O3/c24-13-3-4-16(15(25)10-13)31-5-7-32(8-6-31)20(36)17-11-14(35)12-33(17)22-28-21(26)34-23(29-22)27-19(30-34)18-2-1-9-37-18/h1-4,9-10,14,17,35H,5-8,11-12H2,(H2,26,27,28,29,30)/t14-,17+/m1/s1. The smallest absolute Gasteiger partial charge is 0.259 e. The monoisotopic (exact) mass is 511 g/mol. The number of nitrogens with two attached hydrogens (primary N) is 1. The van der Waals surface area contributed by atoms with Crippen molar-refractivity contribution in [2.45, 2.75) is 18.6 Å². The Morgan fingerprint density at radius 2 is 1.92 bits per heavy atom. The van der Waals surface area contributed by atoms with Crippen LogP contribution in [0.25, 0.3) is 17.4 Å². The summed E-state index contributed by atoms with van der Waals surface area (Å²) >= 11 is 0. The summed E-state index contributed by atoms with van der Waals surface area (Å²) in [6.07, 6.45) is 0.935. The zero-order chi connectivity index (χ0) is 25.7. The molecular formula is C23H23F2N9O3. The van der Waals surface area contributed by atoms with Crippen LogP contribution in [-0.2, 0) is 4.79 Å². The predicted octanol–water partition coefficient (Wildman–Crippen LogP) is 0.928. The van der Waals surface area contributed by atoms with Crippen LogP contribution in [0.1, 0.15) is 6.42 Å². The molecule has 5 heterocycles. The van der Waals surface area contributed by atoms with Crippen molar-refractivity contribution in [2.24, 2.45) is 0 Å². The molecule has 0 aliphatic carbocycles. The number of nitrogen functional groups attached to an aromatic ring is 1. The molecule has 0 spiro atoms. The van der Waals surface area contributed by atoms with E-state index in [9.17, 15) is 18.7 Å². The summed E-state index contributed by atoms with van der Waals surface area (Å²) in [4.78, 5) is 31.7. The van der Waals surface area contributed by atoms with Gasteiger partial charge in [0.05, 0.1) is 18.1 Å². The van der Waals surface area contributed by atoms with Gasteiger partial charge < -0.3 is 30.0 Å². The first-order chi connectivity index (χ1) is 17.9. The number of piperazine rings is 1. The molecule has 1 amide bonds.